The van der Waals surface area contributed by atoms with Crippen molar-refractivity contribution in [3.63, 3.8) is 0 Å². The lowest BCUT2D eigenvalue weighted by Gasteiger charge is -2.11. The Morgan fingerprint density at radius 1 is 1.17 bits per heavy atom. The van der Waals surface area contributed by atoms with E-state index < -0.39 is 0 Å². The van der Waals surface area contributed by atoms with E-state index in [9.17, 15) is 0 Å². The Balaban J connectivity index is 2.29. The molecule has 0 aromatic carbocycles. The molecule has 0 radical (unpaired) electrons. The molecule has 0 spiro atoms. The fourth-order valence-electron chi connectivity index (χ4n) is 1.11. The highest BCUT2D eigenvalue weighted by Crippen LogP contribution is 2.22. The van der Waals surface area contributed by atoms with Crippen molar-refractivity contribution in [3.05, 3.63) is 5.82 Å². The topological polar surface area (TPSA) is 122 Å². The number of nitrogens with zero attached hydrogens (tertiary/aromatic N) is 6. The van der Waals surface area contributed by atoms with Gasteiger partial charge in [0, 0.05) is 14.1 Å². The molecule has 9 nitrogen and oxygen atoms in total. The minimum Gasteiger partial charge on any atom is -0.347 e. The van der Waals surface area contributed by atoms with Crippen LogP contribution in [-0.4, -0.2) is 44.2 Å². The number of aromatic nitrogens is 6. The number of anilines is 2. The molecular formula is C8H13N9S. The van der Waals surface area contributed by atoms with Crippen molar-refractivity contribution in [1.82, 2.24) is 30.1 Å². The maximum Gasteiger partial charge on any atom is 0.242 e. The van der Waals surface area contributed by atoms with Gasteiger partial charge >= 0.3 is 0 Å². The summed E-state index contributed by atoms with van der Waals surface area (Å²) in [5, 5.41) is 7.77. The van der Waals surface area contributed by atoms with Gasteiger partial charge in [0.15, 0.2) is 0 Å². The Morgan fingerprint density at radius 2 is 1.94 bits per heavy atom. The van der Waals surface area contributed by atoms with E-state index in [1.165, 1.54) is 11.8 Å². The summed E-state index contributed by atoms with van der Waals surface area (Å²) in [6, 6.07) is 0. The number of aryl methyl sites for hydroxylation is 1. The molecule has 0 fully saturated rings. The molecule has 4 N–H and O–H groups in total. The van der Waals surface area contributed by atoms with E-state index in [-0.39, 0.29) is 0 Å². The van der Waals surface area contributed by atoms with Gasteiger partial charge in [-0.25, -0.2) is 10.8 Å². The zero-order chi connectivity index (χ0) is 13.1. The maximum atomic E-state index is 5.32. The number of nitrogen functional groups attached to an aromatic ring is 1. The molecule has 2 aromatic heterocycles. The van der Waals surface area contributed by atoms with Crippen molar-refractivity contribution in [1.29, 1.82) is 0 Å². The first kappa shape index (κ1) is 12.5. The summed E-state index contributed by atoms with van der Waals surface area (Å²) < 4.78 is 0. The van der Waals surface area contributed by atoms with Crippen LogP contribution in [0.15, 0.2) is 10.3 Å². The highest BCUT2D eigenvalue weighted by molar-refractivity contribution is 7.99. The number of H-pyrrole nitrogens is 1. The van der Waals surface area contributed by atoms with E-state index in [0.717, 1.165) is 5.82 Å². The quantitative estimate of drug-likeness (QED) is 0.510. The SMILES string of the molecule is Cc1nc(Sc2nc(NN)nc(N(C)C)n2)n[nH]1. The molecular weight excluding hydrogens is 254 g/mol. The van der Waals surface area contributed by atoms with Gasteiger partial charge in [-0.05, 0) is 18.7 Å². The van der Waals surface area contributed by atoms with E-state index in [2.05, 4.69) is 35.6 Å². The lowest BCUT2D eigenvalue weighted by atomic mass is 10.8. The van der Waals surface area contributed by atoms with Crippen LogP contribution in [-0.2, 0) is 0 Å². The number of nitrogens with one attached hydrogen (secondary N) is 2. The first-order valence-corrected chi connectivity index (χ1v) is 5.87. The summed E-state index contributed by atoms with van der Waals surface area (Å²) >= 11 is 1.23. The van der Waals surface area contributed by atoms with Crippen LogP contribution in [0.4, 0.5) is 11.9 Å². The molecule has 0 saturated heterocycles. The van der Waals surface area contributed by atoms with Gasteiger partial charge in [0.05, 0.1) is 0 Å². The van der Waals surface area contributed by atoms with Gasteiger partial charge in [0.2, 0.25) is 22.2 Å². The van der Waals surface area contributed by atoms with Crippen LogP contribution in [0.5, 0.6) is 0 Å². The summed E-state index contributed by atoms with van der Waals surface area (Å²) in [6.45, 7) is 1.82. The Morgan fingerprint density at radius 3 is 2.50 bits per heavy atom. The van der Waals surface area contributed by atoms with Crippen LogP contribution in [0.1, 0.15) is 5.82 Å². The zero-order valence-electron chi connectivity index (χ0n) is 10.2. The normalized spacial score (nSPS) is 10.4. The molecule has 0 bridgehead atoms. The van der Waals surface area contributed by atoms with Gasteiger partial charge < -0.3 is 4.90 Å². The molecule has 0 atom stereocenters. The van der Waals surface area contributed by atoms with Crippen molar-refractivity contribution in [2.45, 2.75) is 17.2 Å². The van der Waals surface area contributed by atoms with Gasteiger partial charge in [0.25, 0.3) is 0 Å². The third kappa shape index (κ3) is 2.84. The van der Waals surface area contributed by atoms with Gasteiger partial charge in [-0.2, -0.15) is 15.0 Å². The smallest absolute Gasteiger partial charge is 0.242 e. The second kappa shape index (κ2) is 5.14. The molecule has 2 aromatic rings. The van der Waals surface area contributed by atoms with Crippen molar-refractivity contribution in [3.8, 4) is 0 Å². The third-order valence-electron chi connectivity index (χ3n) is 1.89. The minimum atomic E-state index is 0.295. The Hall–Kier alpha value is -1.94. The molecule has 2 heterocycles. The minimum absolute atomic E-state index is 0.295. The van der Waals surface area contributed by atoms with E-state index in [1.54, 1.807) is 4.90 Å². The molecule has 10 heteroatoms. The van der Waals surface area contributed by atoms with Crippen LogP contribution < -0.4 is 16.2 Å². The average Bonchev–Trinajstić information content (AvgIpc) is 2.74. The first-order valence-electron chi connectivity index (χ1n) is 5.05. The van der Waals surface area contributed by atoms with Crippen molar-refractivity contribution < 1.29 is 0 Å². The standard InChI is InChI=1S/C8H13N9S/c1-4-10-8(16-15-4)18-7-12-5(14-9)11-6(13-7)17(2)3/h9H2,1-3H3,(H,10,15,16)(H,11,12,13,14). The van der Waals surface area contributed by atoms with E-state index >= 15 is 0 Å². The summed E-state index contributed by atoms with van der Waals surface area (Å²) in [4.78, 5) is 18.4. The van der Waals surface area contributed by atoms with Gasteiger partial charge in [-0.3, -0.25) is 10.5 Å². The number of aromatic amines is 1. The van der Waals surface area contributed by atoms with Crippen molar-refractivity contribution >= 4 is 23.7 Å². The lowest BCUT2D eigenvalue weighted by molar-refractivity contribution is 0.859. The molecule has 2 rings (SSSR count). The summed E-state index contributed by atoms with van der Waals surface area (Å²) in [5.74, 6) is 6.85. The predicted octanol–water partition coefficient (Wildman–Crippen LogP) is -0.199. The molecule has 96 valence electrons. The van der Waals surface area contributed by atoms with Crippen LogP contribution in [0, 0.1) is 6.92 Å². The molecule has 0 amide bonds. The Bertz CT molecular complexity index is 537. The lowest BCUT2D eigenvalue weighted by Crippen LogP contribution is -2.17. The summed E-state index contributed by atoms with van der Waals surface area (Å²) in [5.41, 5.74) is 2.40. The zero-order valence-corrected chi connectivity index (χ0v) is 11.0. The second-order valence-corrected chi connectivity index (χ2v) is 4.52. The predicted molar refractivity (Wildman–Crippen MR) is 67.2 cm³/mol. The number of hydrazine groups is 1. The monoisotopic (exact) mass is 267 g/mol. The summed E-state index contributed by atoms with van der Waals surface area (Å²) in [6.07, 6.45) is 0. The number of nitrogens with two attached hydrogens (primary N) is 1. The largest absolute Gasteiger partial charge is 0.347 e. The van der Waals surface area contributed by atoms with E-state index in [1.807, 2.05) is 21.0 Å². The van der Waals surface area contributed by atoms with E-state index in [4.69, 9.17) is 5.84 Å². The molecule has 0 saturated carbocycles. The summed E-state index contributed by atoms with van der Waals surface area (Å²) in [7, 11) is 3.67. The average molecular weight is 267 g/mol. The second-order valence-electron chi connectivity index (χ2n) is 3.59. The molecule has 18 heavy (non-hydrogen) atoms. The fourth-order valence-corrected chi connectivity index (χ4v) is 1.80. The van der Waals surface area contributed by atoms with Crippen LogP contribution in [0.2, 0.25) is 0 Å². The maximum absolute atomic E-state index is 5.32. The van der Waals surface area contributed by atoms with Crippen molar-refractivity contribution in [2.75, 3.05) is 24.4 Å². The van der Waals surface area contributed by atoms with Crippen LogP contribution >= 0.6 is 11.8 Å². The third-order valence-corrected chi connectivity index (χ3v) is 2.62. The van der Waals surface area contributed by atoms with Crippen LogP contribution in [0.25, 0.3) is 0 Å². The number of hydrogen-bond donors (Lipinski definition) is 3. The number of hydrogen-bond acceptors (Lipinski definition) is 9. The van der Waals surface area contributed by atoms with E-state index in [0.29, 0.717) is 22.2 Å². The highest BCUT2D eigenvalue weighted by atomic mass is 32.2. The van der Waals surface area contributed by atoms with Crippen LogP contribution in [0.3, 0.4) is 0 Å². The molecule has 0 aliphatic heterocycles. The first-order chi connectivity index (χ1) is 8.58. The van der Waals surface area contributed by atoms with Gasteiger partial charge in [-0.15, -0.1) is 5.10 Å². The van der Waals surface area contributed by atoms with Gasteiger partial charge in [-0.1, -0.05) is 0 Å². The van der Waals surface area contributed by atoms with Gasteiger partial charge in [0.1, 0.15) is 5.82 Å². The van der Waals surface area contributed by atoms with Crippen molar-refractivity contribution in [2.24, 2.45) is 5.84 Å². The fraction of sp³-hybridized carbons (Fsp3) is 0.375. The Labute approximate surface area is 108 Å². The molecule has 0 aliphatic carbocycles. The highest BCUT2D eigenvalue weighted by Gasteiger charge is 2.11. The molecule has 0 unspecified atom stereocenters. The molecule has 0 aliphatic rings. The Kier molecular flexibility index (Phi) is 3.58. The number of rotatable bonds is 4.